The number of carboxylic acids is 1. The molecule has 1 aromatic rings. The molecular weight excluding hydrogens is 354 g/mol. The Morgan fingerprint density at radius 2 is 1.90 bits per heavy atom. The highest BCUT2D eigenvalue weighted by atomic mass is 79.9. The van der Waals surface area contributed by atoms with Gasteiger partial charge in [-0.3, -0.25) is 9.59 Å². The Morgan fingerprint density at radius 3 is 2.35 bits per heavy atom. The molecule has 0 aliphatic rings. The molecule has 0 radical (unpaired) electrons. The maximum Gasteiger partial charge on any atom is 0.322 e. The van der Waals surface area contributed by atoms with Gasteiger partial charge in [0.2, 0.25) is 10.0 Å². The molecule has 0 aliphatic carbocycles. The van der Waals surface area contributed by atoms with Crippen LogP contribution in [0.15, 0.2) is 33.6 Å². The van der Waals surface area contributed by atoms with Gasteiger partial charge in [0.1, 0.15) is 6.04 Å². The summed E-state index contributed by atoms with van der Waals surface area (Å²) in [6.45, 7) is 0. The monoisotopic (exact) mass is 365 g/mol. The lowest BCUT2D eigenvalue weighted by molar-refractivity contribution is -0.147. The van der Waals surface area contributed by atoms with Gasteiger partial charge in [0, 0.05) is 4.47 Å². The average molecular weight is 366 g/mol. The van der Waals surface area contributed by atoms with Crippen molar-refractivity contribution >= 4 is 37.9 Å². The summed E-state index contributed by atoms with van der Waals surface area (Å²) in [5.74, 6) is -2.29. The lowest BCUT2D eigenvalue weighted by Crippen LogP contribution is -2.42. The maximum atomic E-state index is 12.0. The molecule has 0 heterocycles. The third-order valence-electron chi connectivity index (χ3n) is 2.32. The molecule has 2 N–H and O–H groups in total. The predicted molar refractivity (Wildman–Crippen MR) is 72.5 cm³/mol. The minimum absolute atomic E-state index is 0.100. The number of benzene rings is 1. The van der Waals surface area contributed by atoms with E-state index >= 15 is 0 Å². The molecule has 0 aromatic heterocycles. The molecule has 0 spiro atoms. The van der Waals surface area contributed by atoms with Crippen LogP contribution < -0.4 is 4.72 Å². The fourth-order valence-corrected chi connectivity index (χ4v) is 2.75. The molecule has 0 amide bonds. The van der Waals surface area contributed by atoms with E-state index in [0.717, 1.165) is 7.11 Å². The normalized spacial score (nSPS) is 12.7. The number of halogens is 1. The Bertz CT molecular complexity index is 598. The van der Waals surface area contributed by atoms with Crippen LogP contribution >= 0.6 is 15.9 Å². The topological polar surface area (TPSA) is 110 Å². The highest BCUT2D eigenvalue weighted by molar-refractivity contribution is 9.10. The summed E-state index contributed by atoms with van der Waals surface area (Å²) in [5, 5.41) is 8.93. The Labute approximate surface area is 124 Å². The molecule has 0 bridgehead atoms. The standard InChI is InChI=1S/C11H12BrNO6S/c1-19-10(14)6-9(11(15)16)13-20(17,18)8-4-2-7(12)3-5-8/h2-5,9,13H,6H2,1H3,(H,15,16)/t9-/m0/s1. The molecule has 1 rings (SSSR count). The van der Waals surface area contributed by atoms with Crippen molar-refractivity contribution in [1.82, 2.24) is 4.72 Å². The van der Waals surface area contributed by atoms with Gasteiger partial charge in [0.05, 0.1) is 18.4 Å². The van der Waals surface area contributed by atoms with E-state index in [1.165, 1.54) is 24.3 Å². The molecule has 7 nitrogen and oxygen atoms in total. The number of rotatable bonds is 6. The highest BCUT2D eigenvalue weighted by Crippen LogP contribution is 2.15. The minimum Gasteiger partial charge on any atom is -0.480 e. The number of ether oxygens (including phenoxy) is 1. The van der Waals surface area contributed by atoms with Gasteiger partial charge in [-0.15, -0.1) is 0 Å². The molecule has 1 aromatic carbocycles. The third kappa shape index (κ3) is 4.58. The first-order valence-corrected chi connectivity index (χ1v) is 7.61. The lowest BCUT2D eigenvalue weighted by atomic mass is 10.2. The Kier molecular flexibility index (Phi) is 5.66. The number of nitrogens with one attached hydrogen (secondary N) is 1. The van der Waals surface area contributed by atoms with Gasteiger partial charge in [-0.1, -0.05) is 15.9 Å². The molecule has 0 unspecified atom stereocenters. The smallest absolute Gasteiger partial charge is 0.322 e. The third-order valence-corrected chi connectivity index (χ3v) is 4.33. The van der Waals surface area contributed by atoms with Crippen molar-refractivity contribution in [2.75, 3.05) is 7.11 Å². The molecule has 1 atom stereocenters. The fraction of sp³-hybridized carbons (Fsp3) is 0.273. The quantitative estimate of drug-likeness (QED) is 0.719. The van der Waals surface area contributed by atoms with Gasteiger partial charge in [0.15, 0.2) is 0 Å². The van der Waals surface area contributed by atoms with Gasteiger partial charge in [-0.25, -0.2) is 8.42 Å². The molecule has 0 saturated heterocycles. The first-order valence-electron chi connectivity index (χ1n) is 5.34. The number of aliphatic carboxylic acids is 1. The van der Waals surface area contributed by atoms with Gasteiger partial charge in [0.25, 0.3) is 0 Å². The van der Waals surface area contributed by atoms with Gasteiger partial charge in [-0.2, -0.15) is 4.72 Å². The second-order valence-corrected chi connectivity index (χ2v) is 6.38. The maximum absolute atomic E-state index is 12.0. The van der Waals surface area contributed by atoms with Crippen molar-refractivity contribution in [1.29, 1.82) is 0 Å². The van der Waals surface area contributed by atoms with Crippen molar-refractivity contribution in [3.63, 3.8) is 0 Å². The molecule has 0 saturated carbocycles. The number of methoxy groups -OCH3 is 1. The summed E-state index contributed by atoms with van der Waals surface area (Å²) in [4.78, 5) is 21.9. The number of carbonyl (C=O) groups excluding carboxylic acids is 1. The molecular formula is C11H12BrNO6S. The molecule has 110 valence electrons. The SMILES string of the molecule is COC(=O)C[C@H](NS(=O)(=O)c1ccc(Br)cc1)C(=O)O. The number of carbonyl (C=O) groups is 2. The summed E-state index contributed by atoms with van der Waals surface area (Å²) in [6, 6.07) is 4.04. The molecule has 20 heavy (non-hydrogen) atoms. The van der Waals surface area contributed by atoms with Crippen molar-refractivity contribution in [2.24, 2.45) is 0 Å². The van der Waals surface area contributed by atoms with E-state index < -0.39 is 34.4 Å². The Balaban J connectivity index is 2.94. The lowest BCUT2D eigenvalue weighted by Gasteiger charge is -2.13. The van der Waals surface area contributed by atoms with Gasteiger partial charge < -0.3 is 9.84 Å². The zero-order valence-electron chi connectivity index (χ0n) is 10.4. The van der Waals surface area contributed by atoms with E-state index in [9.17, 15) is 18.0 Å². The van der Waals surface area contributed by atoms with E-state index in [1.54, 1.807) is 0 Å². The zero-order chi connectivity index (χ0) is 15.3. The second-order valence-electron chi connectivity index (χ2n) is 3.75. The number of sulfonamides is 1. The van der Waals surface area contributed by atoms with E-state index in [-0.39, 0.29) is 4.90 Å². The van der Waals surface area contributed by atoms with Crippen LogP contribution in [0.5, 0.6) is 0 Å². The number of carboxylic acid groups (broad SMARTS) is 1. The zero-order valence-corrected chi connectivity index (χ0v) is 12.8. The minimum atomic E-state index is -4.03. The largest absolute Gasteiger partial charge is 0.480 e. The van der Waals surface area contributed by atoms with Crippen LogP contribution in [0.25, 0.3) is 0 Å². The van der Waals surface area contributed by atoms with Crippen molar-refractivity contribution in [2.45, 2.75) is 17.4 Å². The Hall–Kier alpha value is -1.45. The van der Waals surface area contributed by atoms with Gasteiger partial charge >= 0.3 is 11.9 Å². The van der Waals surface area contributed by atoms with Gasteiger partial charge in [-0.05, 0) is 24.3 Å². The van der Waals surface area contributed by atoms with Crippen molar-refractivity contribution in [3.05, 3.63) is 28.7 Å². The molecule has 9 heteroatoms. The first kappa shape index (κ1) is 16.6. The highest BCUT2D eigenvalue weighted by Gasteiger charge is 2.27. The summed E-state index contributed by atoms with van der Waals surface area (Å²) in [6.07, 6.45) is -0.596. The predicted octanol–water partition coefficient (Wildman–Crippen LogP) is 0.744. The van der Waals surface area contributed by atoms with E-state index in [0.29, 0.717) is 4.47 Å². The van der Waals surface area contributed by atoms with Crippen LogP contribution in [0.1, 0.15) is 6.42 Å². The van der Waals surface area contributed by atoms with Crippen LogP contribution in [0.4, 0.5) is 0 Å². The summed E-state index contributed by atoms with van der Waals surface area (Å²) < 4.78 is 30.9. The molecule has 0 aliphatic heterocycles. The summed E-state index contributed by atoms with van der Waals surface area (Å²) >= 11 is 3.16. The van der Waals surface area contributed by atoms with Crippen LogP contribution in [-0.4, -0.2) is 38.6 Å². The van der Waals surface area contributed by atoms with Crippen LogP contribution in [0.2, 0.25) is 0 Å². The second kappa shape index (κ2) is 6.82. The van der Waals surface area contributed by atoms with E-state index in [4.69, 9.17) is 5.11 Å². The summed E-state index contributed by atoms with van der Waals surface area (Å²) in [5.41, 5.74) is 0. The Morgan fingerprint density at radius 1 is 1.35 bits per heavy atom. The van der Waals surface area contributed by atoms with Crippen molar-refractivity contribution < 1.29 is 27.9 Å². The van der Waals surface area contributed by atoms with E-state index in [2.05, 4.69) is 20.7 Å². The number of hydrogen-bond donors (Lipinski definition) is 2. The summed E-state index contributed by atoms with van der Waals surface area (Å²) in [7, 11) is -2.95. The van der Waals surface area contributed by atoms with Crippen LogP contribution in [-0.2, 0) is 24.3 Å². The number of esters is 1. The van der Waals surface area contributed by atoms with Crippen LogP contribution in [0.3, 0.4) is 0 Å². The van der Waals surface area contributed by atoms with Crippen LogP contribution in [0, 0.1) is 0 Å². The number of hydrogen-bond acceptors (Lipinski definition) is 5. The molecule has 0 fully saturated rings. The van der Waals surface area contributed by atoms with Crippen molar-refractivity contribution in [3.8, 4) is 0 Å². The fourth-order valence-electron chi connectivity index (χ4n) is 1.30. The average Bonchev–Trinajstić information content (AvgIpc) is 2.37. The first-order chi connectivity index (χ1) is 9.26. The van der Waals surface area contributed by atoms with E-state index in [1.807, 2.05) is 4.72 Å².